The van der Waals surface area contributed by atoms with Gasteiger partial charge < -0.3 is 19.0 Å². The number of hydrogen-bond acceptors (Lipinski definition) is 6. The number of rotatable bonds is 8. The Labute approximate surface area is 192 Å². The third kappa shape index (κ3) is 6.27. The van der Waals surface area contributed by atoms with Crippen molar-refractivity contribution in [2.75, 3.05) is 25.6 Å². The smallest absolute Gasteiger partial charge is 0.191 e. The van der Waals surface area contributed by atoms with Gasteiger partial charge in [0, 0.05) is 24.3 Å². The summed E-state index contributed by atoms with van der Waals surface area (Å²) in [6.45, 7) is 13.2. The van der Waals surface area contributed by atoms with Crippen LogP contribution in [0, 0.1) is 0 Å². The molecule has 1 aromatic rings. The van der Waals surface area contributed by atoms with Gasteiger partial charge in [-0.15, -0.1) is 23.5 Å². The Bertz CT molecular complexity index is 674. The van der Waals surface area contributed by atoms with Crippen LogP contribution in [-0.2, 0) is 13.9 Å². The average molecular weight is 471 g/mol. The van der Waals surface area contributed by atoms with Crippen molar-refractivity contribution >= 4 is 31.8 Å². The molecule has 2 saturated heterocycles. The lowest BCUT2D eigenvalue weighted by Crippen LogP contribution is -2.45. The number of benzene rings is 1. The molecule has 0 unspecified atom stereocenters. The summed E-state index contributed by atoms with van der Waals surface area (Å²) in [5, 5.41) is 11.2. The van der Waals surface area contributed by atoms with E-state index in [2.05, 4.69) is 58.1 Å². The van der Waals surface area contributed by atoms with Crippen LogP contribution in [0.1, 0.15) is 46.5 Å². The van der Waals surface area contributed by atoms with Crippen LogP contribution in [0.2, 0.25) is 18.1 Å². The molecule has 2 aliphatic heterocycles. The van der Waals surface area contributed by atoms with Crippen LogP contribution >= 0.6 is 23.5 Å². The zero-order valence-electron chi connectivity index (χ0n) is 19.1. The molecule has 0 radical (unpaired) electrons. The minimum atomic E-state index is -1.79. The van der Waals surface area contributed by atoms with Crippen LogP contribution in [0.5, 0.6) is 0 Å². The molecular weight excluding hydrogens is 432 g/mol. The van der Waals surface area contributed by atoms with E-state index < -0.39 is 20.2 Å². The lowest BCUT2D eigenvalue weighted by atomic mass is 10.0. The molecular formula is C23H38O4S2Si. The number of thioether (sulfide) groups is 2. The van der Waals surface area contributed by atoms with Crippen molar-refractivity contribution in [3.8, 4) is 0 Å². The first-order chi connectivity index (χ1) is 14.1. The monoisotopic (exact) mass is 470 g/mol. The predicted octanol–water partition coefficient (Wildman–Crippen LogP) is 5.91. The van der Waals surface area contributed by atoms with E-state index in [1.54, 1.807) is 0 Å². The first kappa shape index (κ1) is 24.6. The van der Waals surface area contributed by atoms with Gasteiger partial charge in [0.2, 0.25) is 0 Å². The minimum absolute atomic E-state index is 0.166. The largest absolute Gasteiger partial charge is 0.417 e. The van der Waals surface area contributed by atoms with Crippen LogP contribution in [0.4, 0.5) is 0 Å². The molecule has 0 aromatic heterocycles. The predicted molar refractivity (Wildman–Crippen MR) is 130 cm³/mol. The van der Waals surface area contributed by atoms with E-state index >= 15 is 0 Å². The Morgan fingerprint density at radius 3 is 2.50 bits per heavy atom. The maximum absolute atomic E-state index is 11.0. The molecule has 30 heavy (non-hydrogen) atoms. The molecule has 170 valence electrons. The molecule has 7 heteroatoms. The molecule has 4 nitrogen and oxygen atoms in total. The summed E-state index contributed by atoms with van der Waals surface area (Å²) < 4.78 is 18.3. The van der Waals surface area contributed by atoms with Gasteiger partial charge in [0.25, 0.3) is 0 Å². The van der Waals surface area contributed by atoms with E-state index in [0.717, 1.165) is 18.6 Å². The summed E-state index contributed by atoms with van der Waals surface area (Å²) in [6, 6.07) is 10.5. The van der Waals surface area contributed by atoms with E-state index in [0.29, 0.717) is 32.7 Å². The minimum Gasteiger partial charge on any atom is -0.417 e. The highest BCUT2D eigenvalue weighted by Crippen LogP contribution is 2.56. The van der Waals surface area contributed by atoms with Crippen LogP contribution in [0.3, 0.4) is 0 Å². The Morgan fingerprint density at radius 1 is 1.20 bits per heavy atom. The van der Waals surface area contributed by atoms with Crippen LogP contribution in [-0.4, -0.2) is 55.0 Å². The van der Waals surface area contributed by atoms with E-state index in [1.807, 2.05) is 29.6 Å². The van der Waals surface area contributed by atoms with Gasteiger partial charge in [-0.3, -0.25) is 0 Å². The van der Waals surface area contributed by atoms with E-state index in [-0.39, 0.29) is 9.12 Å². The summed E-state index contributed by atoms with van der Waals surface area (Å²) in [6.07, 6.45) is 2.67. The second-order valence-corrected chi connectivity index (χ2v) is 18.0. The van der Waals surface area contributed by atoms with Crippen molar-refractivity contribution in [3.63, 3.8) is 0 Å². The summed E-state index contributed by atoms with van der Waals surface area (Å²) in [4.78, 5) is 1.23. The SMILES string of the molecule is CC(C)(C)[Si](C)(C)OCC[C@H](O)C[C@@]1(Sc2ccccc2)CC2(CCS1)OCCO2. The highest BCUT2D eigenvalue weighted by Gasteiger charge is 2.50. The standard InChI is InChI=1S/C23H38O4S2Si/c1-21(2,3)30(4,5)27-13-11-19(24)17-23(29-20-9-7-6-8-10-20)18-22(12-16-28-23)25-14-15-26-22/h6-10,19,24H,11-18H2,1-5H3/t19-,23+/m0/s1. The van der Waals surface area contributed by atoms with Crippen LogP contribution in [0.15, 0.2) is 35.2 Å². The normalized spacial score (nSPS) is 25.5. The molecule has 0 amide bonds. The Morgan fingerprint density at radius 2 is 1.87 bits per heavy atom. The fourth-order valence-electron chi connectivity index (χ4n) is 3.76. The molecule has 0 saturated carbocycles. The molecule has 0 bridgehead atoms. The van der Waals surface area contributed by atoms with E-state index in [9.17, 15) is 5.11 Å². The molecule has 0 aliphatic carbocycles. The molecule has 2 fully saturated rings. The van der Waals surface area contributed by atoms with Gasteiger partial charge in [0.1, 0.15) is 0 Å². The highest BCUT2D eigenvalue weighted by atomic mass is 32.2. The molecule has 2 aliphatic rings. The number of ether oxygens (including phenoxy) is 2. The van der Waals surface area contributed by atoms with Gasteiger partial charge in [0.15, 0.2) is 14.1 Å². The van der Waals surface area contributed by atoms with E-state index in [4.69, 9.17) is 13.9 Å². The fourth-order valence-corrected chi connectivity index (χ4v) is 8.30. The van der Waals surface area contributed by atoms with Gasteiger partial charge in [-0.1, -0.05) is 39.0 Å². The van der Waals surface area contributed by atoms with Gasteiger partial charge in [-0.05, 0) is 48.9 Å². The van der Waals surface area contributed by atoms with Crippen LogP contribution in [0.25, 0.3) is 0 Å². The number of hydrogen-bond donors (Lipinski definition) is 1. The highest BCUT2D eigenvalue weighted by molar-refractivity contribution is 8.18. The quantitative estimate of drug-likeness (QED) is 0.477. The van der Waals surface area contributed by atoms with Crippen molar-refractivity contribution in [2.24, 2.45) is 0 Å². The number of aliphatic hydroxyl groups excluding tert-OH is 1. The topological polar surface area (TPSA) is 47.9 Å². The Kier molecular flexibility index (Phi) is 8.09. The van der Waals surface area contributed by atoms with Gasteiger partial charge >= 0.3 is 0 Å². The molecule has 1 spiro atoms. The summed E-state index contributed by atoms with van der Waals surface area (Å²) in [5.41, 5.74) is 0. The van der Waals surface area contributed by atoms with E-state index in [1.165, 1.54) is 4.90 Å². The summed E-state index contributed by atoms with van der Waals surface area (Å²) in [7, 11) is -1.79. The first-order valence-corrected chi connectivity index (χ1v) is 15.7. The van der Waals surface area contributed by atoms with Gasteiger partial charge in [0.05, 0.1) is 23.4 Å². The Hall–Kier alpha value is -0.0231. The molecule has 2 atom stereocenters. The maximum Gasteiger partial charge on any atom is 0.191 e. The van der Waals surface area contributed by atoms with Crippen molar-refractivity contribution in [2.45, 2.75) is 85.5 Å². The van der Waals surface area contributed by atoms with Gasteiger partial charge in [-0.25, -0.2) is 0 Å². The third-order valence-corrected chi connectivity index (χ3v) is 14.1. The van der Waals surface area contributed by atoms with Crippen molar-refractivity contribution in [1.82, 2.24) is 0 Å². The zero-order valence-corrected chi connectivity index (χ0v) is 21.7. The lowest BCUT2D eigenvalue weighted by molar-refractivity contribution is -0.167. The zero-order chi connectivity index (χ0) is 21.9. The molecule has 2 heterocycles. The first-order valence-electron chi connectivity index (χ1n) is 11.0. The van der Waals surface area contributed by atoms with Crippen molar-refractivity contribution in [1.29, 1.82) is 0 Å². The summed E-state index contributed by atoms with van der Waals surface area (Å²) >= 11 is 3.80. The third-order valence-electron chi connectivity index (χ3n) is 6.51. The van der Waals surface area contributed by atoms with Crippen molar-refractivity contribution in [3.05, 3.63) is 30.3 Å². The second-order valence-electron chi connectivity index (χ2n) is 9.96. The fraction of sp³-hybridized carbons (Fsp3) is 0.739. The molecule has 3 rings (SSSR count). The maximum atomic E-state index is 11.0. The molecule has 1 N–H and O–H groups in total. The molecule has 1 aromatic carbocycles. The number of aliphatic hydroxyl groups is 1. The lowest BCUT2D eigenvalue weighted by Gasteiger charge is -2.45. The van der Waals surface area contributed by atoms with Gasteiger partial charge in [-0.2, -0.15) is 0 Å². The Balaban J connectivity index is 1.66. The van der Waals surface area contributed by atoms with Crippen LogP contribution < -0.4 is 0 Å². The average Bonchev–Trinajstić information content (AvgIpc) is 3.08. The second kappa shape index (κ2) is 9.85. The van der Waals surface area contributed by atoms with Crippen molar-refractivity contribution < 1.29 is 19.0 Å². The summed E-state index contributed by atoms with van der Waals surface area (Å²) in [5.74, 6) is 0.497.